The number of hydrogen-bond donors (Lipinski definition) is 1. The third-order valence-corrected chi connectivity index (χ3v) is 5.70. The molecule has 0 spiro atoms. The summed E-state index contributed by atoms with van der Waals surface area (Å²) < 4.78 is 1.92. The molecule has 1 atom stereocenters. The molecule has 2 heterocycles. The minimum absolute atomic E-state index is 0.000890. The molecule has 5 nitrogen and oxygen atoms in total. The lowest BCUT2D eigenvalue weighted by Crippen LogP contribution is -2.32. The SMILES string of the molecule is CC1=C(C(=O)NCCCCN2CCCC2)C(C)[N+](c2ccc(Cl)cc2C)=N1. The molecule has 1 fully saturated rings. The Morgan fingerprint density at radius 3 is 2.74 bits per heavy atom. The number of rotatable bonds is 7. The molecule has 27 heavy (non-hydrogen) atoms. The lowest BCUT2D eigenvalue weighted by Gasteiger charge is -2.14. The number of unbranched alkanes of at least 4 members (excludes halogenated alkanes) is 1. The van der Waals surface area contributed by atoms with E-state index in [0.717, 1.165) is 48.5 Å². The van der Waals surface area contributed by atoms with E-state index in [-0.39, 0.29) is 11.9 Å². The number of nitrogens with one attached hydrogen (secondary N) is 1. The fraction of sp³-hybridized carbons (Fsp3) is 0.571. The van der Waals surface area contributed by atoms with Gasteiger partial charge in [0, 0.05) is 30.1 Å². The van der Waals surface area contributed by atoms with Gasteiger partial charge in [-0.2, -0.15) is 0 Å². The molecule has 1 aromatic rings. The van der Waals surface area contributed by atoms with Crippen LogP contribution in [0.15, 0.2) is 34.6 Å². The van der Waals surface area contributed by atoms with Crippen molar-refractivity contribution in [2.45, 2.75) is 52.5 Å². The first-order chi connectivity index (χ1) is 13.0. The zero-order valence-corrected chi connectivity index (χ0v) is 17.4. The highest BCUT2D eigenvalue weighted by Gasteiger charge is 2.37. The molecule has 2 aliphatic rings. The number of hydrogen-bond acceptors (Lipinski definition) is 3. The fourth-order valence-electron chi connectivity index (χ4n) is 3.98. The van der Waals surface area contributed by atoms with Gasteiger partial charge in [0.15, 0.2) is 0 Å². The molecule has 1 amide bonds. The molecule has 1 N–H and O–H groups in total. The second kappa shape index (κ2) is 8.98. The molecule has 3 rings (SSSR count). The molecule has 0 bridgehead atoms. The van der Waals surface area contributed by atoms with Crippen molar-refractivity contribution in [2.75, 3.05) is 26.2 Å². The second-order valence-electron chi connectivity index (χ2n) is 7.56. The van der Waals surface area contributed by atoms with Gasteiger partial charge in [0.25, 0.3) is 5.91 Å². The highest BCUT2D eigenvalue weighted by molar-refractivity contribution is 6.30. The normalized spacial score (nSPS) is 20.3. The van der Waals surface area contributed by atoms with Crippen molar-refractivity contribution in [1.29, 1.82) is 0 Å². The monoisotopic (exact) mass is 389 g/mol. The van der Waals surface area contributed by atoms with Crippen molar-refractivity contribution >= 4 is 23.2 Å². The summed E-state index contributed by atoms with van der Waals surface area (Å²) in [4.78, 5) is 15.2. The number of azo groups is 2. The van der Waals surface area contributed by atoms with Gasteiger partial charge in [-0.25, -0.2) is 0 Å². The van der Waals surface area contributed by atoms with Crippen molar-refractivity contribution < 1.29 is 9.49 Å². The molecular weight excluding hydrogens is 360 g/mol. The zero-order valence-electron chi connectivity index (χ0n) is 16.6. The van der Waals surface area contributed by atoms with Crippen LogP contribution in [0.5, 0.6) is 0 Å². The first-order valence-corrected chi connectivity index (χ1v) is 10.3. The molecule has 6 heteroatoms. The molecular formula is C21H30ClN4O+. The number of aryl methyl sites for hydroxylation is 1. The topological polar surface area (TPSA) is 47.7 Å². The predicted molar refractivity (Wildman–Crippen MR) is 109 cm³/mol. The van der Waals surface area contributed by atoms with Crippen molar-refractivity contribution in [2.24, 2.45) is 5.11 Å². The van der Waals surface area contributed by atoms with Crippen molar-refractivity contribution in [1.82, 2.24) is 10.2 Å². The van der Waals surface area contributed by atoms with Gasteiger partial charge in [0.2, 0.25) is 11.7 Å². The Morgan fingerprint density at radius 2 is 2.04 bits per heavy atom. The van der Waals surface area contributed by atoms with E-state index in [9.17, 15) is 4.79 Å². The third-order valence-electron chi connectivity index (χ3n) is 5.47. The van der Waals surface area contributed by atoms with Crippen LogP contribution in [0.1, 0.15) is 45.1 Å². The van der Waals surface area contributed by atoms with Crippen LogP contribution in [0.2, 0.25) is 5.02 Å². The van der Waals surface area contributed by atoms with Crippen molar-refractivity contribution in [3.63, 3.8) is 0 Å². The minimum Gasteiger partial charge on any atom is -0.352 e. The van der Waals surface area contributed by atoms with E-state index in [1.165, 1.54) is 25.9 Å². The van der Waals surface area contributed by atoms with Crippen LogP contribution in [0.25, 0.3) is 0 Å². The maximum atomic E-state index is 12.7. The van der Waals surface area contributed by atoms with Gasteiger partial charge < -0.3 is 10.2 Å². The third kappa shape index (κ3) is 4.77. The molecule has 0 saturated carbocycles. The molecule has 0 aromatic heterocycles. The highest BCUT2D eigenvalue weighted by atomic mass is 35.5. The van der Waals surface area contributed by atoms with Crippen LogP contribution in [-0.2, 0) is 4.79 Å². The summed E-state index contributed by atoms with van der Waals surface area (Å²) in [6, 6.07) is 5.66. The smallest absolute Gasteiger partial charge is 0.256 e. The number of halogens is 1. The van der Waals surface area contributed by atoms with Gasteiger partial charge in [0.1, 0.15) is 11.3 Å². The van der Waals surface area contributed by atoms with E-state index in [1.807, 2.05) is 43.7 Å². The predicted octanol–water partition coefficient (Wildman–Crippen LogP) is 4.41. The van der Waals surface area contributed by atoms with Crippen LogP contribution in [0.3, 0.4) is 0 Å². The molecule has 1 unspecified atom stereocenters. The number of likely N-dealkylation sites (tertiary alicyclic amines) is 1. The molecule has 0 aliphatic carbocycles. The van der Waals surface area contributed by atoms with Crippen LogP contribution >= 0.6 is 11.6 Å². The quantitative estimate of drug-likeness (QED) is 0.554. The lowest BCUT2D eigenvalue weighted by atomic mass is 10.1. The van der Waals surface area contributed by atoms with Gasteiger partial charge >= 0.3 is 0 Å². The molecule has 1 saturated heterocycles. The summed E-state index contributed by atoms with van der Waals surface area (Å²) in [6.45, 7) is 10.3. The van der Waals surface area contributed by atoms with Gasteiger partial charge in [-0.3, -0.25) is 4.79 Å². The Balaban J connectivity index is 1.52. The first-order valence-electron chi connectivity index (χ1n) is 9.95. The average Bonchev–Trinajstić information content (AvgIpc) is 3.23. The van der Waals surface area contributed by atoms with E-state index >= 15 is 0 Å². The van der Waals surface area contributed by atoms with Crippen LogP contribution in [-0.4, -0.2) is 47.7 Å². The number of nitrogens with zero attached hydrogens (tertiary/aromatic N) is 3. The van der Waals surface area contributed by atoms with E-state index in [2.05, 4.69) is 15.3 Å². The number of amides is 1. The largest absolute Gasteiger partial charge is 0.352 e. The van der Waals surface area contributed by atoms with Crippen LogP contribution in [0, 0.1) is 6.92 Å². The van der Waals surface area contributed by atoms with E-state index in [1.54, 1.807) is 0 Å². The van der Waals surface area contributed by atoms with Crippen LogP contribution in [0.4, 0.5) is 5.69 Å². The second-order valence-corrected chi connectivity index (χ2v) is 8.00. The zero-order chi connectivity index (χ0) is 19.4. The van der Waals surface area contributed by atoms with Crippen molar-refractivity contribution in [3.05, 3.63) is 40.1 Å². The fourth-order valence-corrected chi connectivity index (χ4v) is 4.21. The maximum Gasteiger partial charge on any atom is 0.256 e. The van der Waals surface area contributed by atoms with Crippen molar-refractivity contribution in [3.8, 4) is 0 Å². The number of allylic oxidation sites excluding steroid dienone is 1. The molecule has 2 aliphatic heterocycles. The molecule has 1 aromatic carbocycles. The Bertz CT molecular complexity index is 765. The Kier molecular flexibility index (Phi) is 6.66. The highest BCUT2D eigenvalue weighted by Crippen LogP contribution is 2.31. The molecule has 0 radical (unpaired) electrons. The average molecular weight is 390 g/mol. The van der Waals surface area contributed by atoms with E-state index in [0.29, 0.717) is 5.02 Å². The van der Waals surface area contributed by atoms with Gasteiger partial charge in [0.05, 0.1) is 0 Å². The molecule has 146 valence electrons. The number of benzene rings is 1. The minimum atomic E-state index is -0.0884. The summed E-state index contributed by atoms with van der Waals surface area (Å²) in [7, 11) is 0. The van der Waals surface area contributed by atoms with E-state index in [4.69, 9.17) is 11.6 Å². The summed E-state index contributed by atoms with van der Waals surface area (Å²) in [6.07, 6.45) is 4.80. The number of carbonyl (C=O) groups is 1. The Morgan fingerprint density at radius 1 is 1.30 bits per heavy atom. The summed E-state index contributed by atoms with van der Waals surface area (Å²) in [5.41, 5.74) is 3.57. The Labute approximate surface area is 167 Å². The van der Waals surface area contributed by atoms with Gasteiger partial charge in [-0.1, -0.05) is 16.3 Å². The standard InChI is InChI=1S/C21H29ClN4O/c1-15-14-18(22)8-9-19(15)26-17(3)20(16(2)24-26)21(27)23-10-4-5-11-25-12-6-7-13-25/h8-9,14,17H,4-7,10-13H2,1-3H3/p+1. The first kappa shape index (κ1) is 20.0. The lowest BCUT2D eigenvalue weighted by molar-refractivity contribution is -0.528. The van der Waals surface area contributed by atoms with E-state index < -0.39 is 0 Å². The number of carbonyl (C=O) groups excluding carboxylic acids is 1. The summed E-state index contributed by atoms with van der Waals surface area (Å²) in [5.74, 6) is -0.000890. The van der Waals surface area contributed by atoms with Gasteiger partial charge in [-0.15, -0.1) is 0 Å². The Hall–Kier alpha value is -1.72. The summed E-state index contributed by atoms with van der Waals surface area (Å²) in [5, 5.41) is 8.42. The summed E-state index contributed by atoms with van der Waals surface area (Å²) >= 11 is 6.07. The van der Waals surface area contributed by atoms with Gasteiger partial charge in [-0.05, 0) is 76.4 Å². The van der Waals surface area contributed by atoms with Crippen LogP contribution < -0.4 is 5.32 Å². The maximum absolute atomic E-state index is 12.7.